The molecule has 14 heteroatoms. The van der Waals surface area contributed by atoms with Crippen LogP contribution in [-0.2, 0) is 6.42 Å². The summed E-state index contributed by atoms with van der Waals surface area (Å²) in [6, 6.07) is 15.4. The van der Waals surface area contributed by atoms with E-state index in [1.54, 1.807) is 41.0 Å². The number of carbonyl (C=O) groups excluding carboxylic acids is 2. The number of pyridine rings is 1. The third-order valence-corrected chi connectivity index (χ3v) is 8.94. The molecular weight excluding hydrogens is 655 g/mol. The van der Waals surface area contributed by atoms with Crippen LogP contribution in [0.25, 0.3) is 5.69 Å². The molecule has 0 unspecified atom stereocenters. The van der Waals surface area contributed by atoms with E-state index in [1.165, 1.54) is 6.20 Å². The molecule has 4 amide bonds. The van der Waals surface area contributed by atoms with Crippen LogP contribution in [0.2, 0.25) is 10.0 Å². The number of benzene rings is 2. The minimum atomic E-state index is -0.529. The normalized spacial score (nSPS) is 13.4. The molecule has 0 saturated carbocycles. The number of amides is 4. The number of piperidine rings is 1. The smallest absolute Gasteiger partial charge is 0.324 e. The molecule has 12 nitrogen and oxygen atoms in total. The first kappa shape index (κ1) is 34.8. The van der Waals surface area contributed by atoms with Crippen molar-refractivity contribution in [2.24, 2.45) is 0 Å². The summed E-state index contributed by atoms with van der Waals surface area (Å²) in [5.41, 5.74) is 1.91. The third-order valence-electron chi connectivity index (χ3n) is 8.08. The number of anilines is 3. The molecule has 0 spiro atoms. The number of halogens is 2. The van der Waals surface area contributed by atoms with Crippen molar-refractivity contribution in [1.82, 2.24) is 24.6 Å². The number of methoxy groups -OCH3 is 1. The number of nitrogens with one attached hydrogen (secondary N) is 3. The number of ether oxygens (including phenoxy) is 2. The van der Waals surface area contributed by atoms with Crippen LogP contribution in [0.4, 0.5) is 26.9 Å². The minimum Gasteiger partial charge on any atom is -0.497 e. The fourth-order valence-corrected chi connectivity index (χ4v) is 5.75. The molecule has 0 radical (unpaired) electrons. The number of carbonyl (C=O) groups is 2. The van der Waals surface area contributed by atoms with Gasteiger partial charge in [-0.15, -0.1) is 0 Å². The average Bonchev–Trinajstić information content (AvgIpc) is 3.49. The van der Waals surface area contributed by atoms with Crippen LogP contribution in [0.3, 0.4) is 0 Å². The number of unbranched alkanes of at least 4 members (excludes halogenated alkanes) is 1. The molecule has 0 atom stereocenters. The van der Waals surface area contributed by atoms with Gasteiger partial charge in [0.15, 0.2) is 0 Å². The van der Waals surface area contributed by atoms with Crippen molar-refractivity contribution in [3.05, 3.63) is 76.5 Å². The number of likely N-dealkylation sites (tertiary alicyclic amines) is 1. The molecular formula is C34H40Cl2N8O4. The quantitative estimate of drug-likeness (QED) is 0.146. The second-order valence-electron chi connectivity index (χ2n) is 11.6. The fourth-order valence-electron chi connectivity index (χ4n) is 5.34. The van der Waals surface area contributed by atoms with Gasteiger partial charge in [-0.25, -0.2) is 19.3 Å². The first-order chi connectivity index (χ1) is 23.1. The van der Waals surface area contributed by atoms with Gasteiger partial charge in [0.1, 0.15) is 33.9 Å². The molecule has 4 aromatic rings. The Balaban J connectivity index is 1.23. The number of nitrogens with zero attached hydrogens (tertiary/aromatic N) is 5. The Morgan fingerprint density at radius 1 is 0.958 bits per heavy atom. The third kappa shape index (κ3) is 8.68. The molecule has 3 heterocycles. The van der Waals surface area contributed by atoms with Gasteiger partial charge in [0.2, 0.25) is 0 Å². The number of hydrogen-bond donors (Lipinski definition) is 3. The number of urea groups is 2. The largest absolute Gasteiger partial charge is 0.497 e. The van der Waals surface area contributed by atoms with E-state index < -0.39 is 6.03 Å². The SMILES string of the molecule is CCCCc1cc(NC(=O)Nc2ccc(Oc3ccnc(NC(=O)N4CCC(N(C)C)CC4)c3)c(Cl)c2Cl)n(-c2ccc(OC)cc2)n1. The Labute approximate surface area is 290 Å². The van der Waals surface area contributed by atoms with E-state index in [0.29, 0.717) is 42.3 Å². The molecule has 2 aromatic heterocycles. The lowest BCUT2D eigenvalue weighted by atomic mass is 10.0. The summed E-state index contributed by atoms with van der Waals surface area (Å²) in [6.07, 6.45) is 6.13. The average molecular weight is 696 g/mol. The summed E-state index contributed by atoms with van der Waals surface area (Å²) in [4.78, 5) is 34.2. The Morgan fingerprint density at radius 2 is 1.71 bits per heavy atom. The standard InChI is InChI=1S/C34H40Cl2N8O4/c1-5-6-7-22-20-30(44(41-22)24-8-10-25(47-4)11-9-24)40-33(45)38-27-12-13-28(32(36)31(27)35)48-26-14-17-37-29(21-26)39-34(46)43-18-15-23(16-19-43)42(2)3/h8-14,17,20-21,23H,5-7,15-16,18-19H2,1-4H3,(H,37,39,46)(H2,38,40,45). The van der Waals surface area contributed by atoms with Crippen LogP contribution in [-0.4, -0.2) is 77.0 Å². The topological polar surface area (TPSA) is 126 Å². The van der Waals surface area contributed by atoms with E-state index in [-0.39, 0.29) is 27.5 Å². The van der Waals surface area contributed by atoms with E-state index in [2.05, 4.69) is 46.9 Å². The van der Waals surface area contributed by atoms with E-state index >= 15 is 0 Å². The molecule has 48 heavy (non-hydrogen) atoms. The number of hydrogen-bond acceptors (Lipinski definition) is 7. The second-order valence-corrected chi connectivity index (χ2v) is 12.4. The molecule has 1 fully saturated rings. The van der Waals surface area contributed by atoms with Gasteiger partial charge in [-0.05, 0) is 82.2 Å². The summed E-state index contributed by atoms with van der Waals surface area (Å²) >= 11 is 13.2. The zero-order valence-electron chi connectivity index (χ0n) is 27.4. The van der Waals surface area contributed by atoms with E-state index in [0.717, 1.165) is 43.5 Å². The highest BCUT2D eigenvalue weighted by Crippen LogP contribution is 2.40. The van der Waals surface area contributed by atoms with Gasteiger partial charge in [-0.2, -0.15) is 5.10 Å². The van der Waals surface area contributed by atoms with E-state index in [4.69, 9.17) is 37.8 Å². The molecule has 1 aliphatic rings. The first-order valence-electron chi connectivity index (χ1n) is 15.8. The minimum absolute atomic E-state index is 0.0975. The summed E-state index contributed by atoms with van der Waals surface area (Å²) in [5, 5.41) is 13.4. The van der Waals surface area contributed by atoms with E-state index in [1.807, 2.05) is 30.3 Å². The Morgan fingerprint density at radius 3 is 2.40 bits per heavy atom. The molecule has 1 aliphatic heterocycles. The maximum atomic E-state index is 13.2. The van der Waals surface area contributed by atoms with Crippen LogP contribution in [0.15, 0.2) is 60.8 Å². The fraction of sp³-hybridized carbons (Fsp3) is 0.353. The second kappa shape index (κ2) is 16.1. The number of rotatable bonds is 11. The molecule has 1 saturated heterocycles. The number of aromatic nitrogens is 3. The lowest BCUT2D eigenvalue weighted by molar-refractivity contribution is 0.156. The molecule has 0 aliphatic carbocycles. The Hall–Kier alpha value is -4.52. The van der Waals surface area contributed by atoms with Gasteiger partial charge in [0, 0.05) is 37.5 Å². The van der Waals surface area contributed by atoms with Crippen molar-refractivity contribution in [3.63, 3.8) is 0 Å². The molecule has 254 valence electrons. The van der Waals surface area contributed by atoms with Crippen LogP contribution in [0.1, 0.15) is 38.3 Å². The lowest BCUT2D eigenvalue weighted by Gasteiger charge is -2.35. The van der Waals surface area contributed by atoms with Gasteiger partial charge < -0.3 is 24.6 Å². The lowest BCUT2D eigenvalue weighted by Crippen LogP contribution is -2.46. The van der Waals surface area contributed by atoms with Crippen molar-refractivity contribution in [3.8, 4) is 22.9 Å². The van der Waals surface area contributed by atoms with Crippen LogP contribution < -0.4 is 25.4 Å². The van der Waals surface area contributed by atoms with Gasteiger partial charge in [0.25, 0.3) is 0 Å². The van der Waals surface area contributed by atoms with Crippen molar-refractivity contribution in [2.75, 3.05) is 50.2 Å². The maximum Gasteiger partial charge on any atom is 0.324 e. The van der Waals surface area contributed by atoms with Crippen molar-refractivity contribution < 1.29 is 19.1 Å². The van der Waals surface area contributed by atoms with Gasteiger partial charge in [-0.3, -0.25) is 10.6 Å². The van der Waals surface area contributed by atoms with E-state index in [9.17, 15) is 9.59 Å². The van der Waals surface area contributed by atoms with Crippen LogP contribution in [0, 0.1) is 0 Å². The van der Waals surface area contributed by atoms with Crippen LogP contribution >= 0.6 is 23.2 Å². The summed E-state index contributed by atoms with van der Waals surface area (Å²) in [6.45, 7) is 3.46. The Kier molecular flexibility index (Phi) is 11.6. The highest BCUT2D eigenvalue weighted by molar-refractivity contribution is 6.45. The highest BCUT2D eigenvalue weighted by atomic mass is 35.5. The summed E-state index contributed by atoms with van der Waals surface area (Å²) in [5.74, 6) is 2.21. The van der Waals surface area contributed by atoms with Crippen molar-refractivity contribution in [2.45, 2.75) is 45.1 Å². The molecule has 5 rings (SSSR count). The molecule has 0 bridgehead atoms. The van der Waals surface area contributed by atoms with Gasteiger partial charge in [-0.1, -0.05) is 36.5 Å². The van der Waals surface area contributed by atoms with Gasteiger partial charge in [0.05, 0.1) is 29.2 Å². The van der Waals surface area contributed by atoms with Crippen molar-refractivity contribution in [1.29, 1.82) is 0 Å². The number of aryl methyl sites for hydroxylation is 1. The Bertz CT molecular complexity index is 1720. The predicted octanol–water partition coefficient (Wildman–Crippen LogP) is 7.92. The highest BCUT2D eigenvalue weighted by Gasteiger charge is 2.24. The van der Waals surface area contributed by atoms with Crippen molar-refractivity contribution >= 4 is 52.6 Å². The monoisotopic (exact) mass is 694 g/mol. The zero-order valence-corrected chi connectivity index (χ0v) is 28.9. The predicted molar refractivity (Wildman–Crippen MR) is 189 cm³/mol. The molecule has 3 N–H and O–H groups in total. The summed E-state index contributed by atoms with van der Waals surface area (Å²) in [7, 11) is 5.72. The first-order valence-corrected chi connectivity index (χ1v) is 16.6. The van der Waals surface area contributed by atoms with Crippen LogP contribution in [0.5, 0.6) is 17.2 Å². The zero-order chi connectivity index (χ0) is 34.2. The maximum absolute atomic E-state index is 13.2. The van der Waals surface area contributed by atoms with Gasteiger partial charge >= 0.3 is 12.1 Å². The summed E-state index contributed by atoms with van der Waals surface area (Å²) < 4.78 is 12.9. The molecule has 2 aromatic carbocycles.